The van der Waals surface area contributed by atoms with Crippen LogP contribution in [0.25, 0.3) is 11.0 Å². The molecule has 0 unspecified atom stereocenters. The molecule has 9 heteroatoms. The first-order chi connectivity index (χ1) is 16.1. The maximum absolute atomic E-state index is 13.1. The number of benzene rings is 1. The van der Waals surface area contributed by atoms with Crippen LogP contribution >= 0.6 is 0 Å². The molecule has 3 aromatic heterocycles. The third kappa shape index (κ3) is 4.31. The molecule has 4 N–H and O–H groups in total. The van der Waals surface area contributed by atoms with Crippen LogP contribution in [-0.2, 0) is 0 Å². The van der Waals surface area contributed by atoms with Crippen LogP contribution in [0.1, 0.15) is 10.4 Å². The van der Waals surface area contributed by atoms with Gasteiger partial charge in [-0.05, 0) is 49.5 Å². The third-order valence-electron chi connectivity index (χ3n) is 5.90. The highest BCUT2D eigenvalue weighted by Crippen LogP contribution is 2.26. The lowest BCUT2D eigenvalue weighted by molar-refractivity contribution is 0.102. The summed E-state index contributed by atoms with van der Waals surface area (Å²) in [5.74, 6) is -0.482. The molecule has 0 bridgehead atoms. The van der Waals surface area contributed by atoms with Crippen molar-refractivity contribution >= 4 is 39.7 Å². The van der Waals surface area contributed by atoms with Gasteiger partial charge in [0.2, 0.25) is 0 Å². The number of amides is 1. The molecule has 168 valence electrons. The van der Waals surface area contributed by atoms with E-state index in [0.29, 0.717) is 11.4 Å². The van der Waals surface area contributed by atoms with Crippen LogP contribution in [0, 0.1) is 0 Å². The average molecular weight is 444 g/mol. The monoisotopic (exact) mass is 443 g/mol. The molecule has 1 amide bonds. The number of carbonyl (C=O) groups excluding carboxylic acids is 1. The van der Waals surface area contributed by atoms with Crippen molar-refractivity contribution in [3.63, 3.8) is 0 Å². The summed E-state index contributed by atoms with van der Waals surface area (Å²) in [6.45, 7) is 4.00. The van der Waals surface area contributed by atoms with Gasteiger partial charge in [-0.3, -0.25) is 9.59 Å². The highest BCUT2D eigenvalue weighted by atomic mass is 16.2. The fourth-order valence-electron chi connectivity index (χ4n) is 4.03. The Hall–Kier alpha value is -4.11. The molecule has 1 saturated heterocycles. The Morgan fingerprint density at radius 2 is 1.79 bits per heavy atom. The molecular weight excluding hydrogens is 418 g/mol. The van der Waals surface area contributed by atoms with Gasteiger partial charge >= 0.3 is 0 Å². The van der Waals surface area contributed by atoms with Crippen molar-refractivity contribution in [1.29, 1.82) is 0 Å². The maximum atomic E-state index is 13.1. The number of piperazine rings is 1. The Balaban J connectivity index is 1.35. The second-order valence-corrected chi connectivity index (χ2v) is 8.11. The van der Waals surface area contributed by atoms with Gasteiger partial charge < -0.3 is 30.4 Å². The lowest BCUT2D eigenvalue weighted by atomic mass is 10.2. The summed E-state index contributed by atoms with van der Waals surface area (Å²) in [7, 11) is 2.12. The number of aromatic amines is 2. The summed E-state index contributed by atoms with van der Waals surface area (Å²) < 4.78 is 0. The van der Waals surface area contributed by atoms with Crippen molar-refractivity contribution in [2.75, 3.05) is 48.8 Å². The molecule has 4 aromatic rings. The van der Waals surface area contributed by atoms with Gasteiger partial charge in [0.15, 0.2) is 0 Å². The van der Waals surface area contributed by atoms with Gasteiger partial charge in [0.1, 0.15) is 11.2 Å². The Bertz CT molecular complexity index is 1330. The van der Waals surface area contributed by atoms with Crippen molar-refractivity contribution in [3.8, 4) is 0 Å². The van der Waals surface area contributed by atoms with Crippen molar-refractivity contribution in [1.82, 2.24) is 19.9 Å². The van der Waals surface area contributed by atoms with Gasteiger partial charge in [-0.25, -0.2) is 4.98 Å². The summed E-state index contributed by atoms with van der Waals surface area (Å²) in [5, 5.41) is 6.91. The molecule has 1 aliphatic heterocycles. The fourth-order valence-corrected chi connectivity index (χ4v) is 4.03. The summed E-state index contributed by atoms with van der Waals surface area (Å²) in [6, 6.07) is 13.1. The SMILES string of the molecule is CN1CCN(c2ccc(NC(=O)c3c(Nc4c[nH]c5ncccc45)cc[nH]c3=O)cc2)CC1. The highest BCUT2D eigenvalue weighted by molar-refractivity contribution is 6.08. The smallest absolute Gasteiger partial charge is 0.263 e. The molecule has 0 radical (unpaired) electrons. The van der Waals surface area contributed by atoms with Crippen LogP contribution in [0.3, 0.4) is 0 Å². The topological polar surface area (TPSA) is 109 Å². The van der Waals surface area contributed by atoms with Gasteiger partial charge in [0.05, 0.1) is 11.4 Å². The molecule has 33 heavy (non-hydrogen) atoms. The number of likely N-dealkylation sites (N-methyl/N-ethyl adjacent to an activating group) is 1. The molecule has 4 heterocycles. The molecule has 0 saturated carbocycles. The van der Waals surface area contributed by atoms with Crippen molar-refractivity contribution < 1.29 is 4.79 Å². The molecule has 0 spiro atoms. The van der Waals surface area contributed by atoms with E-state index >= 15 is 0 Å². The number of aromatic nitrogens is 3. The number of hydrogen-bond donors (Lipinski definition) is 4. The minimum atomic E-state index is -0.482. The number of hydrogen-bond acceptors (Lipinski definition) is 6. The standard InChI is InChI=1S/C24H25N7O2/c1-30-11-13-31(14-12-30)17-6-4-16(5-7-17)28-24(33)21-19(8-10-26-23(21)32)29-20-15-27-22-18(20)3-2-9-25-22/h2-10,15H,11-14H2,1H3,(H,25,27)(H,28,33)(H2,26,29,32). The summed E-state index contributed by atoms with van der Waals surface area (Å²) in [6.07, 6.45) is 4.97. The quantitative estimate of drug-likeness (QED) is 0.378. The van der Waals surface area contributed by atoms with Crippen LogP contribution < -0.4 is 21.1 Å². The second kappa shape index (κ2) is 8.79. The molecule has 9 nitrogen and oxygen atoms in total. The van der Waals surface area contributed by atoms with Crippen LogP contribution in [0.5, 0.6) is 0 Å². The number of fused-ring (bicyclic) bond motifs is 1. The van der Waals surface area contributed by atoms with Crippen molar-refractivity contribution in [2.24, 2.45) is 0 Å². The number of rotatable bonds is 5. The molecule has 1 aromatic carbocycles. The van der Waals surface area contributed by atoms with E-state index in [4.69, 9.17) is 0 Å². The van der Waals surface area contributed by atoms with Gasteiger partial charge in [0, 0.05) is 61.5 Å². The summed E-state index contributed by atoms with van der Waals surface area (Å²) in [5.41, 5.74) is 3.15. The predicted molar refractivity (Wildman–Crippen MR) is 131 cm³/mol. The van der Waals surface area contributed by atoms with Gasteiger partial charge in [0.25, 0.3) is 11.5 Å². The van der Waals surface area contributed by atoms with Crippen LogP contribution in [0.2, 0.25) is 0 Å². The van der Waals surface area contributed by atoms with Crippen molar-refractivity contribution in [2.45, 2.75) is 0 Å². The zero-order chi connectivity index (χ0) is 22.8. The molecular formula is C24H25N7O2. The van der Waals surface area contributed by atoms with Crippen LogP contribution in [0.4, 0.5) is 22.7 Å². The first-order valence-corrected chi connectivity index (χ1v) is 10.8. The molecule has 5 rings (SSSR count). The van der Waals surface area contributed by atoms with Gasteiger partial charge in [-0.2, -0.15) is 0 Å². The molecule has 0 atom stereocenters. The average Bonchev–Trinajstić information content (AvgIpc) is 3.23. The number of nitrogens with one attached hydrogen (secondary N) is 4. The fraction of sp³-hybridized carbons (Fsp3) is 0.208. The van der Waals surface area contributed by atoms with E-state index in [2.05, 4.69) is 42.4 Å². The zero-order valence-corrected chi connectivity index (χ0v) is 18.3. The number of H-pyrrole nitrogens is 2. The summed E-state index contributed by atoms with van der Waals surface area (Å²) >= 11 is 0. The first kappa shape index (κ1) is 20.8. The van der Waals surface area contributed by atoms with E-state index in [-0.39, 0.29) is 5.56 Å². The van der Waals surface area contributed by atoms with Gasteiger partial charge in [-0.15, -0.1) is 0 Å². The normalized spacial score (nSPS) is 14.4. The summed E-state index contributed by atoms with van der Waals surface area (Å²) in [4.78, 5) is 40.2. The Morgan fingerprint density at radius 3 is 2.58 bits per heavy atom. The number of carbonyl (C=O) groups is 1. The predicted octanol–water partition coefficient (Wildman–Crippen LogP) is 3.00. The maximum Gasteiger partial charge on any atom is 0.263 e. The van der Waals surface area contributed by atoms with E-state index in [1.807, 2.05) is 36.4 Å². The molecule has 1 fully saturated rings. The Kier molecular flexibility index (Phi) is 5.54. The number of pyridine rings is 2. The molecule has 1 aliphatic rings. The Morgan fingerprint density at radius 1 is 1.00 bits per heavy atom. The van der Waals surface area contributed by atoms with Crippen LogP contribution in [-0.4, -0.2) is 59.0 Å². The van der Waals surface area contributed by atoms with E-state index in [1.165, 1.54) is 6.20 Å². The van der Waals surface area contributed by atoms with Gasteiger partial charge in [-0.1, -0.05) is 0 Å². The van der Waals surface area contributed by atoms with E-state index in [0.717, 1.165) is 48.6 Å². The van der Waals surface area contributed by atoms with E-state index < -0.39 is 11.5 Å². The largest absolute Gasteiger partial charge is 0.369 e. The Labute approximate surface area is 190 Å². The molecule has 0 aliphatic carbocycles. The lowest BCUT2D eigenvalue weighted by Gasteiger charge is -2.34. The minimum absolute atomic E-state index is 0.0129. The number of nitrogens with zero attached hydrogens (tertiary/aromatic N) is 3. The second-order valence-electron chi connectivity index (χ2n) is 8.11. The van der Waals surface area contributed by atoms with E-state index in [1.54, 1.807) is 18.5 Å². The zero-order valence-electron chi connectivity index (χ0n) is 18.3. The lowest BCUT2D eigenvalue weighted by Crippen LogP contribution is -2.44. The van der Waals surface area contributed by atoms with E-state index in [9.17, 15) is 9.59 Å². The highest BCUT2D eigenvalue weighted by Gasteiger charge is 2.18. The third-order valence-corrected chi connectivity index (χ3v) is 5.90. The van der Waals surface area contributed by atoms with Crippen molar-refractivity contribution in [3.05, 3.63) is 77.0 Å². The van der Waals surface area contributed by atoms with Crippen LogP contribution in [0.15, 0.2) is 65.8 Å². The minimum Gasteiger partial charge on any atom is -0.369 e. The number of anilines is 4. The first-order valence-electron chi connectivity index (χ1n) is 10.8.